The van der Waals surface area contributed by atoms with Crippen molar-refractivity contribution in [1.82, 2.24) is 10.2 Å². The zero-order chi connectivity index (χ0) is 35.9. The lowest BCUT2D eigenvalue weighted by atomic mass is 9.85. The van der Waals surface area contributed by atoms with E-state index in [9.17, 15) is 18.0 Å². The topological polar surface area (TPSA) is 123 Å². The number of halogens is 2. The quantitative estimate of drug-likeness (QED) is 0.125. The van der Waals surface area contributed by atoms with Crippen LogP contribution in [0.4, 0.5) is 10.5 Å². The van der Waals surface area contributed by atoms with Gasteiger partial charge in [0, 0.05) is 67.3 Å². The van der Waals surface area contributed by atoms with Crippen LogP contribution in [-0.4, -0.2) is 90.7 Å². The van der Waals surface area contributed by atoms with E-state index in [1.54, 1.807) is 30.3 Å². The van der Waals surface area contributed by atoms with E-state index in [1.807, 2.05) is 44.3 Å². The van der Waals surface area contributed by atoms with E-state index in [-0.39, 0.29) is 23.5 Å². The second-order valence-corrected chi connectivity index (χ2v) is 15.2. The molecule has 4 rings (SSSR count). The molecule has 0 radical (unpaired) electrons. The van der Waals surface area contributed by atoms with Crippen LogP contribution in [0.3, 0.4) is 0 Å². The molecule has 1 atom stereocenters. The van der Waals surface area contributed by atoms with Crippen molar-refractivity contribution in [3.05, 3.63) is 93.0 Å². The predicted octanol–water partition coefficient (Wildman–Crippen LogP) is 6.52. The van der Waals surface area contributed by atoms with Gasteiger partial charge < -0.3 is 29.7 Å². The van der Waals surface area contributed by atoms with Gasteiger partial charge in [-0.05, 0) is 85.5 Å². The first-order valence-electron chi connectivity index (χ1n) is 16.9. The monoisotopic (exact) mass is 747 g/mol. The molecule has 1 unspecified atom stereocenters. The van der Waals surface area contributed by atoms with Gasteiger partial charge in [-0.1, -0.05) is 47.5 Å². The maximum Gasteiger partial charge on any atom is 0.319 e. The number of hydrogen-bond donors (Lipinski definition) is 2. The van der Waals surface area contributed by atoms with Crippen LogP contribution in [0.25, 0.3) is 0 Å². The molecular formula is C37H47Cl2N3O7S. The summed E-state index contributed by atoms with van der Waals surface area (Å²) in [6.45, 7) is 6.25. The predicted molar refractivity (Wildman–Crippen MR) is 197 cm³/mol. The van der Waals surface area contributed by atoms with Crippen molar-refractivity contribution in [3.8, 4) is 0 Å². The van der Waals surface area contributed by atoms with Gasteiger partial charge in [0.15, 0.2) is 9.84 Å². The molecule has 2 amide bonds. The molecule has 0 bridgehead atoms. The van der Waals surface area contributed by atoms with Crippen LogP contribution in [0, 0.1) is 0 Å². The SMILES string of the molecule is CCNC(=O)Nc1ccc(CC(=O)CCCOCCOCCOCCCS(=O)(=O)c2ccc(C3CN(C)Cc4c(Cl)cc(Cl)cc43)cc2)cc1. The van der Waals surface area contributed by atoms with Crippen LogP contribution in [-0.2, 0) is 41.8 Å². The van der Waals surface area contributed by atoms with E-state index in [2.05, 4.69) is 15.5 Å². The second-order valence-electron chi connectivity index (χ2n) is 12.3. The van der Waals surface area contributed by atoms with Crippen LogP contribution in [0.1, 0.15) is 54.4 Å². The van der Waals surface area contributed by atoms with Crippen LogP contribution in [0.5, 0.6) is 0 Å². The largest absolute Gasteiger partial charge is 0.379 e. The molecule has 0 spiro atoms. The Kier molecular flexibility index (Phi) is 16.0. The van der Waals surface area contributed by atoms with E-state index >= 15 is 0 Å². The maximum atomic E-state index is 12.9. The standard InChI is InChI=1S/C37H47Cl2N3O7S/c1-3-40-37(44)41-30-11-7-27(8-12-30)22-31(43)6-4-15-47-17-19-49-20-18-48-16-5-21-50(45,46)32-13-9-28(10-14-32)34-25-42(2)26-35-33(34)23-29(38)24-36(35)39/h7-14,23-24,34H,3-6,15-22,25-26H2,1-2H3,(H2,40,41,44). The Hall–Kier alpha value is -3.03. The number of Topliss-reactive ketones (excluding diaryl/α,β-unsaturated/α-hetero) is 1. The number of benzene rings is 3. The zero-order valence-electron chi connectivity index (χ0n) is 28.7. The number of ether oxygens (including phenoxy) is 3. The summed E-state index contributed by atoms with van der Waals surface area (Å²) in [7, 11) is -1.41. The Bertz CT molecular complexity index is 1650. The lowest BCUT2D eigenvalue weighted by molar-refractivity contribution is -0.118. The number of urea groups is 1. The van der Waals surface area contributed by atoms with E-state index in [0.717, 1.165) is 35.3 Å². The van der Waals surface area contributed by atoms with Gasteiger partial charge in [0.1, 0.15) is 5.78 Å². The molecule has 0 aromatic heterocycles. The van der Waals surface area contributed by atoms with Gasteiger partial charge in [0.05, 0.1) is 37.1 Å². The number of anilines is 1. The van der Waals surface area contributed by atoms with Crippen LogP contribution in [0.15, 0.2) is 65.6 Å². The first-order valence-corrected chi connectivity index (χ1v) is 19.3. The number of sulfone groups is 1. The summed E-state index contributed by atoms with van der Waals surface area (Å²) in [5.41, 5.74) is 4.72. The molecule has 1 heterocycles. The average molecular weight is 749 g/mol. The molecule has 13 heteroatoms. The van der Waals surface area contributed by atoms with Crippen LogP contribution >= 0.6 is 23.2 Å². The van der Waals surface area contributed by atoms with E-state index in [0.29, 0.717) is 92.5 Å². The van der Waals surface area contributed by atoms with Crippen molar-refractivity contribution in [3.63, 3.8) is 0 Å². The number of rotatable bonds is 20. The Balaban J connectivity index is 1.03. The molecule has 0 aliphatic carbocycles. The number of hydrogen-bond acceptors (Lipinski definition) is 8. The number of nitrogens with zero attached hydrogens (tertiary/aromatic N) is 1. The second kappa shape index (κ2) is 20.1. The zero-order valence-corrected chi connectivity index (χ0v) is 31.0. The third kappa shape index (κ3) is 12.6. The highest BCUT2D eigenvalue weighted by Crippen LogP contribution is 2.38. The lowest BCUT2D eigenvalue weighted by Gasteiger charge is -2.33. The summed E-state index contributed by atoms with van der Waals surface area (Å²) in [4.78, 5) is 26.4. The number of carbonyl (C=O) groups is 2. The third-order valence-electron chi connectivity index (χ3n) is 8.27. The summed E-state index contributed by atoms with van der Waals surface area (Å²) in [6.07, 6.45) is 1.77. The third-order valence-corrected chi connectivity index (χ3v) is 10.6. The normalized spacial score (nSPS) is 14.7. The highest BCUT2D eigenvalue weighted by molar-refractivity contribution is 7.91. The molecule has 10 nitrogen and oxygen atoms in total. The van der Waals surface area contributed by atoms with Crippen molar-refractivity contribution in [2.75, 3.05) is 70.8 Å². The van der Waals surface area contributed by atoms with Gasteiger partial charge in [-0.3, -0.25) is 4.79 Å². The summed E-state index contributed by atoms with van der Waals surface area (Å²) in [5.74, 6) is 0.165. The Labute approximate surface area is 305 Å². The van der Waals surface area contributed by atoms with Gasteiger partial charge in [-0.2, -0.15) is 0 Å². The van der Waals surface area contributed by atoms with E-state index in [4.69, 9.17) is 37.4 Å². The Morgan fingerprint density at radius 1 is 0.880 bits per heavy atom. The number of fused-ring (bicyclic) bond motifs is 1. The fourth-order valence-electron chi connectivity index (χ4n) is 5.78. The Morgan fingerprint density at radius 2 is 1.52 bits per heavy atom. The smallest absolute Gasteiger partial charge is 0.319 e. The summed E-state index contributed by atoms with van der Waals surface area (Å²) in [5, 5.41) is 6.64. The number of ketones is 1. The molecule has 3 aromatic carbocycles. The summed E-state index contributed by atoms with van der Waals surface area (Å²) in [6, 6.07) is 17.8. The van der Waals surface area contributed by atoms with Gasteiger partial charge >= 0.3 is 6.03 Å². The van der Waals surface area contributed by atoms with E-state index < -0.39 is 9.84 Å². The van der Waals surface area contributed by atoms with Crippen molar-refractivity contribution in [2.45, 2.75) is 50.0 Å². The van der Waals surface area contributed by atoms with Crippen molar-refractivity contribution in [2.24, 2.45) is 0 Å². The molecule has 0 fully saturated rings. The molecule has 0 saturated carbocycles. The number of nitrogens with one attached hydrogen (secondary N) is 2. The highest BCUT2D eigenvalue weighted by atomic mass is 35.5. The van der Waals surface area contributed by atoms with Crippen molar-refractivity contribution >= 4 is 50.5 Å². The van der Waals surface area contributed by atoms with Crippen LogP contribution in [0.2, 0.25) is 10.0 Å². The number of carbonyl (C=O) groups excluding carboxylic acids is 2. The van der Waals surface area contributed by atoms with Gasteiger partial charge in [0.2, 0.25) is 0 Å². The minimum absolute atomic E-state index is 0.00721. The fourth-order valence-corrected chi connectivity index (χ4v) is 7.63. The summed E-state index contributed by atoms with van der Waals surface area (Å²) < 4.78 is 42.5. The molecule has 1 aliphatic rings. The minimum Gasteiger partial charge on any atom is -0.379 e. The first kappa shape index (κ1) is 39.8. The van der Waals surface area contributed by atoms with Crippen LogP contribution < -0.4 is 10.6 Å². The molecule has 50 heavy (non-hydrogen) atoms. The molecule has 2 N–H and O–H groups in total. The molecule has 272 valence electrons. The molecule has 1 aliphatic heterocycles. The van der Waals surface area contributed by atoms with Gasteiger partial charge in [-0.15, -0.1) is 0 Å². The molecule has 3 aromatic rings. The average Bonchev–Trinajstić information content (AvgIpc) is 3.08. The lowest BCUT2D eigenvalue weighted by Crippen LogP contribution is -2.31. The first-order chi connectivity index (χ1) is 24.1. The molecular weight excluding hydrogens is 701 g/mol. The Morgan fingerprint density at radius 3 is 2.18 bits per heavy atom. The van der Waals surface area contributed by atoms with Gasteiger partial charge in [0.25, 0.3) is 0 Å². The van der Waals surface area contributed by atoms with Crippen molar-refractivity contribution in [1.29, 1.82) is 0 Å². The number of likely N-dealkylation sites (N-methyl/N-ethyl adjacent to an activating group) is 1. The van der Waals surface area contributed by atoms with Gasteiger partial charge in [-0.25, -0.2) is 13.2 Å². The summed E-state index contributed by atoms with van der Waals surface area (Å²) >= 11 is 12.8. The fraction of sp³-hybridized carbons (Fsp3) is 0.459. The highest BCUT2D eigenvalue weighted by Gasteiger charge is 2.27. The molecule has 0 saturated heterocycles. The maximum absolute atomic E-state index is 12.9. The minimum atomic E-state index is -3.45. The van der Waals surface area contributed by atoms with Crippen molar-refractivity contribution < 1.29 is 32.2 Å². The van der Waals surface area contributed by atoms with E-state index in [1.165, 1.54) is 0 Å². The number of amides is 2.